The molecule has 6 heteroatoms. The normalized spacial score (nSPS) is 12.2. The molecule has 106 valence electrons. The summed E-state index contributed by atoms with van der Waals surface area (Å²) in [6.45, 7) is 1.41. The molecule has 0 spiro atoms. The molecule has 1 aromatic carbocycles. The van der Waals surface area contributed by atoms with Crippen LogP contribution in [-0.4, -0.2) is 10.1 Å². The van der Waals surface area contributed by atoms with Crippen LogP contribution in [0.25, 0.3) is 12.2 Å². The molecule has 1 N–H and O–H groups in total. The van der Waals surface area contributed by atoms with Crippen molar-refractivity contribution < 1.29 is 22.7 Å². The van der Waals surface area contributed by atoms with Crippen LogP contribution in [0.3, 0.4) is 0 Å². The predicted octanol–water partition coefficient (Wildman–Crippen LogP) is 3.66. The van der Waals surface area contributed by atoms with Gasteiger partial charge in [0.05, 0.1) is 12.2 Å². The quantitative estimate of drug-likeness (QED) is 0.935. The number of nitrogens with zero attached hydrogens (tertiary/aromatic N) is 1. The number of oxazole rings is 1. The minimum atomic E-state index is -4.37. The predicted molar refractivity (Wildman–Crippen MR) is 67.5 cm³/mol. The van der Waals surface area contributed by atoms with E-state index in [-0.39, 0.29) is 12.5 Å². The fourth-order valence-corrected chi connectivity index (χ4v) is 1.65. The number of aliphatic hydroxyl groups excluding tert-OH is 1. The lowest BCUT2D eigenvalue weighted by molar-refractivity contribution is -0.137. The van der Waals surface area contributed by atoms with Gasteiger partial charge in [-0.2, -0.15) is 13.2 Å². The zero-order chi connectivity index (χ0) is 14.8. The van der Waals surface area contributed by atoms with Crippen molar-refractivity contribution in [2.75, 3.05) is 0 Å². The van der Waals surface area contributed by atoms with Crippen LogP contribution in [0.2, 0.25) is 0 Å². The molecular weight excluding hydrogens is 271 g/mol. The lowest BCUT2D eigenvalue weighted by Gasteiger charge is -2.06. The average Bonchev–Trinajstić information content (AvgIpc) is 2.76. The summed E-state index contributed by atoms with van der Waals surface area (Å²) in [5, 5.41) is 8.97. The van der Waals surface area contributed by atoms with E-state index in [0.717, 1.165) is 12.1 Å². The Bertz CT molecular complexity index is 630. The third-order valence-electron chi connectivity index (χ3n) is 2.69. The Morgan fingerprint density at radius 3 is 2.65 bits per heavy atom. The van der Waals surface area contributed by atoms with Crippen LogP contribution in [0.15, 0.2) is 28.7 Å². The second-order valence-corrected chi connectivity index (χ2v) is 4.17. The molecule has 0 saturated carbocycles. The molecule has 20 heavy (non-hydrogen) atoms. The highest BCUT2D eigenvalue weighted by atomic mass is 19.4. The first-order valence-electron chi connectivity index (χ1n) is 5.82. The summed E-state index contributed by atoms with van der Waals surface area (Å²) in [4.78, 5) is 3.99. The van der Waals surface area contributed by atoms with Crippen LogP contribution < -0.4 is 0 Å². The van der Waals surface area contributed by atoms with E-state index in [0.29, 0.717) is 17.0 Å². The third kappa shape index (κ3) is 3.27. The topological polar surface area (TPSA) is 46.3 Å². The first-order chi connectivity index (χ1) is 9.40. The molecule has 0 unspecified atom stereocenters. The number of hydrogen-bond donors (Lipinski definition) is 1. The summed E-state index contributed by atoms with van der Waals surface area (Å²) in [6, 6.07) is 4.94. The smallest absolute Gasteiger partial charge is 0.416 e. The highest BCUT2D eigenvalue weighted by molar-refractivity contribution is 5.66. The van der Waals surface area contributed by atoms with Crippen molar-refractivity contribution in [3.63, 3.8) is 0 Å². The molecule has 0 bridgehead atoms. The zero-order valence-corrected chi connectivity index (χ0v) is 10.6. The largest absolute Gasteiger partial charge is 0.442 e. The maximum absolute atomic E-state index is 12.6. The van der Waals surface area contributed by atoms with E-state index in [4.69, 9.17) is 9.52 Å². The fourth-order valence-electron chi connectivity index (χ4n) is 1.65. The van der Waals surface area contributed by atoms with Crippen LogP contribution in [-0.2, 0) is 12.8 Å². The third-order valence-corrected chi connectivity index (χ3v) is 2.69. The Morgan fingerprint density at radius 1 is 1.30 bits per heavy atom. The van der Waals surface area contributed by atoms with Gasteiger partial charge in [-0.25, -0.2) is 4.98 Å². The van der Waals surface area contributed by atoms with Gasteiger partial charge in [-0.05, 0) is 30.7 Å². The van der Waals surface area contributed by atoms with Crippen molar-refractivity contribution in [1.82, 2.24) is 4.98 Å². The van der Waals surface area contributed by atoms with Crippen LogP contribution in [0, 0.1) is 6.92 Å². The van der Waals surface area contributed by atoms with Gasteiger partial charge in [0, 0.05) is 6.08 Å². The molecule has 1 heterocycles. The molecule has 2 rings (SSSR count). The summed E-state index contributed by atoms with van der Waals surface area (Å²) in [7, 11) is 0. The molecule has 0 amide bonds. The van der Waals surface area contributed by atoms with Gasteiger partial charge < -0.3 is 9.52 Å². The summed E-state index contributed by atoms with van der Waals surface area (Å²) >= 11 is 0. The molecular formula is C14H12F3NO2. The molecule has 0 radical (unpaired) electrons. The lowest BCUT2D eigenvalue weighted by atomic mass is 10.1. The van der Waals surface area contributed by atoms with E-state index in [1.807, 2.05) is 0 Å². The van der Waals surface area contributed by atoms with Crippen molar-refractivity contribution in [2.45, 2.75) is 19.7 Å². The van der Waals surface area contributed by atoms with Gasteiger partial charge in [0.15, 0.2) is 0 Å². The first kappa shape index (κ1) is 14.3. The van der Waals surface area contributed by atoms with Gasteiger partial charge in [-0.3, -0.25) is 0 Å². The van der Waals surface area contributed by atoms with E-state index in [2.05, 4.69) is 4.98 Å². The SMILES string of the molecule is Cc1oc(/C=C/c2cccc(C(F)(F)F)c2)nc1CO. The number of halogens is 3. The number of aryl methyl sites for hydroxylation is 1. The lowest BCUT2D eigenvalue weighted by Crippen LogP contribution is -2.04. The Balaban J connectivity index is 2.23. The minimum absolute atomic E-state index is 0.240. The molecule has 2 aromatic rings. The summed E-state index contributed by atoms with van der Waals surface area (Å²) < 4.78 is 42.9. The van der Waals surface area contributed by atoms with Crippen LogP contribution in [0.5, 0.6) is 0 Å². The molecule has 3 nitrogen and oxygen atoms in total. The van der Waals surface area contributed by atoms with Crippen molar-refractivity contribution in [2.24, 2.45) is 0 Å². The van der Waals surface area contributed by atoms with Crippen LogP contribution in [0.4, 0.5) is 13.2 Å². The van der Waals surface area contributed by atoms with Gasteiger partial charge in [0.1, 0.15) is 11.5 Å². The van der Waals surface area contributed by atoms with E-state index in [1.54, 1.807) is 13.0 Å². The Morgan fingerprint density at radius 2 is 2.05 bits per heavy atom. The maximum atomic E-state index is 12.6. The summed E-state index contributed by atoms with van der Waals surface area (Å²) in [5.74, 6) is 0.722. The van der Waals surface area contributed by atoms with Crippen molar-refractivity contribution in [3.05, 3.63) is 52.7 Å². The number of hydrogen-bond acceptors (Lipinski definition) is 3. The second-order valence-electron chi connectivity index (χ2n) is 4.17. The number of rotatable bonds is 3. The van der Waals surface area contributed by atoms with E-state index >= 15 is 0 Å². The van der Waals surface area contributed by atoms with E-state index < -0.39 is 11.7 Å². The highest BCUT2D eigenvalue weighted by Gasteiger charge is 2.30. The van der Waals surface area contributed by atoms with Gasteiger partial charge in [0.25, 0.3) is 0 Å². The maximum Gasteiger partial charge on any atom is 0.416 e. The second kappa shape index (κ2) is 5.50. The summed E-state index contributed by atoms with van der Waals surface area (Å²) in [5.41, 5.74) is 0.0919. The highest BCUT2D eigenvalue weighted by Crippen LogP contribution is 2.29. The molecule has 0 aliphatic rings. The van der Waals surface area contributed by atoms with Crippen LogP contribution in [0.1, 0.15) is 28.5 Å². The summed E-state index contributed by atoms with van der Waals surface area (Å²) in [6.07, 6.45) is -1.43. The van der Waals surface area contributed by atoms with Gasteiger partial charge in [-0.15, -0.1) is 0 Å². The standard InChI is InChI=1S/C14H12F3NO2/c1-9-12(8-19)18-13(20-9)6-5-10-3-2-4-11(7-10)14(15,16)17/h2-7,19H,8H2,1H3/b6-5+. The zero-order valence-electron chi connectivity index (χ0n) is 10.6. The Labute approximate surface area is 113 Å². The minimum Gasteiger partial charge on any atom is -0.442 e. The van der Waals surface area contributed by atoms with Gasteiger partial charge in [0.2, 0.25) is 5.89 Å². The van der Waals surface area contributed by atoms with E-state index in [1.165, 1.54) is 18.2 Å². The molecule has 0 fully saturated rings. The fraction of sp³-hybridized carbons (Fsp3) is 0.214. The van der Waals surface area contributed by atoms with Gasteiger partial charge >= 0.3 is 6.18 Å². The van der Waals surface area contributed by atoms with Crippen molar-refractivity contribution in [1.29, 1.82) is 0 Å². The molecule has 0 aliphatic carbocycles. The monoisotopic (exact) mass is 283 g/mol. The van der Waals surface area contributed by atoms with Crippen molar-refractivity contribution in [3.8, 4) is 0 Å². The molecule has 1 aromatic heterocycles. The van der Waals surface area contributed by atoms with Crippen LogP contribution >= 0.6 is 0 Å². The Kier molecular flexibility index (Phi) is 3.94. The molecule has 0 aliphatic heterocycles. The average molecular weight is 283 g/mol. The Hall–Kier alpha value is -2.08. The van der Waals surface area contributed by atoms with Gasteiger partial charge in [-0.1, -0.05) is 12.1 Å². The number of aliphatic hydroxyl groups is 1. The molecule has 0 saturated heterocycles. The van der Waals surface area contributed by atoms with E-state index in [9.17, 15) is 13.2 Å². The number of alkyl halides is 3. The van der Waals surface area contributed by atoms with Crippen molar-refractivity contribution >= 4 is 12.2 Å². The number of benzene rings is 1. The number of aromatic nitrogens is 1. The first-order valence-corrected chi connectivity index (χ1v) is 5.82. The molecule has 0 atom stereocenters.